The van der Waals surface area contributed by atoms with E-state index in [1.54, 1.807) is 24.3 Å². The molecule has 3 aromatic rings. The van der Waals surface area contributed by atoms with E-state index in [0.29, 0.717) is 30.4 Å². The van der Waals surface area contributed by atoms with Crippen molar-refractivity contribution in [1.29, 1.82) is 0 Å². The standard InChI is InChI=1S/C31H33F3O2/c1-2-3-4-5-6-7-13-21-30(24-16-9-8-10-17-24,36-29(35)31(32,33)34)28-20-14-19-26-25-18-12-11-15-23(25)22-27(26)28/h8-12,14-20H,2-7,13,21-22H2,1H3. The van der Waals surface area contributed by atoms with Gasteiger partial charge in [-0.2, -0.15) is 13.2 Å². The number of unbranched alkanes of at least 4 members (excludes halogenated alkanes) is 6. The van der Waals surface area contributed by atoms with Gasteiger partial charge >= 0.3 is 12.1 Å². The first kappa shape index (κ1) is 26.0. The highest BCUT2D eigenvalue weighted by molar-refractivity contribution is 5.80. The van der Waals surface area contributed by atoms with Crippen LogP contribution in [0.1, 0.15) is 80.5 Å². The van der Waals surface area contributed by atoms with Crippen molar-refractivity contribution in [3.8, 4) is 11.1 Å². The van der Waals surface area contributed by atoms with Crippen LogP contribution in [0.15, 0.2) is 72.8 Å². The first-order valence-electron chi connectivity index (χ1n) is 12.9. The summed E-state index contributed by atoms with van der Waals surface area (Å²) in [7, 11) is 0. The average molecular weight is 495 g/mol. The highest BCUT2D eigenvalue weighted by atomic mass is 19.4. The largest absolute Gasteiger partial charge is 0.490 e. The Morgan fingerprint density at radius 1 is 0.778 bits per heavy atom. The van der Waals surface area contributed by atoms with Gasteiger partial charge in [-0.25, -0.2) is 4.79 Å². The molecule has 5 heteroatoms. The SMILES string of the molecule is CCCCCCCCCC(OC(=O)C(F)(F)F)(c1ccccc1)c1cccc2c1Cc1ccccc1-2. The maximum atomic E-state index is 13.6. The second-order valence-corrected chi connectivity index (χ2v) is 9.62. The number of hydrogen-bond donors (Lipinski definition) is 0. The van der Waals surface area contributed by atoms with Crippen LogP contribution in [0.3, 0.4) is 0 Å². The highest BCUT2D eigenvalue weighted by Crippen LogP contribution is 2.47. The molecule has 0 amide bonds. The molecule has 1 unspecified atom stereocenters. The summed E-state index contributed by atoms with van der Waals surface area (Å²) in [6.07, 6.45) is 2.95. The Labute approximate surface area is 211 Å². The summed E-state index contributed by atoms with van der Waals surface area (Å²) in [5.41, 5.74) is 3.81. The molecule has 0 heterocycles. The van der Waals surface area contributed by atoms with Gasteiger partial charge < -0.3 is 4.74 Å². The van der Waals surface area contributed by atoms with E-state index < -0.39 is 17.7 Å². The predicted molar refractivity (Wildman–Crippen MR) is 137 cm³/mol. The van der Waals surface area contributed by atoms with Crippen LogP contribution in [0.4, 0.5) is 13.2 Å². The number of ether oxygens (including phenoxy) is 1. The number of hydrogen-bond acceptors (Lipinski definition) is 2. The minimum absolute atomic E-state index is 0.291. The van der Waals surface area contributed by atoms with Crippen LogP contribution >= 0.6 is 0 Å². The summed E-state index contributed by atoms with van der Waals surface area (Å²) >= 11 is 0. The smallest absolute Gasteiger partial charge is 0.443 e. The first-order chi connectivity index (χ1) is 17.4. The second-order valence-electron chi connectivity index (χ2n) is 9.62. The minimum atomic E-state index is -5.08. The molecule has 0 aromatic heterocycles. The van der Waals surface area contributed by atoms with Crippen molar-refractivity contribution in [3.05, 3.63) is 95.1 Å². The molecule has 0 radical (unpaired) electrons. The average Bonchev–Trinajstić information content (AvgIpc) is 3.26. The lowest BCUT2D eigenvalue weighted by Crippen LogP contribution is -2.39. The second kappa shape index (κ2) is 11.3. The van der Waals surface area contributed by atoms with Crippen molar-refractivity contribution in [3.63, 3.8) is 0 Å². The molecule has 0 bridgehead atoms. The van der Waals surface area contributed by atoms with Crippen molar-refractivity contribution in [2.45, 2.75) is 76.5 Å². The number of alkyl halides is 3. The fourth-order valence-electron chi connectivity index (χ4n) is 5.39. The molecular formula is C31H33F3O2. The lowest BCUT2D eigenvalue weighted by atomic mass is 9.78. The van der Waals surface area contributed by atoms with Crippen LogP contribution in [-0.2, 0) is 21.6 Å². The van der Waals surface area contributed by atoms with Gasteiger partial charge in [0.05, 0.1) is 0 Å². The molecular weight excluding hydrogens is 461 g/mol. The molecule has 0 saturated heterocycles. The molecule has 0 aliphatic heterocycles. The van der Waals surface area contributed by atoms with Crippen LogP contribution in [0.2, 0.25) is 0 Å². The zero-order chi connectivity index (χ0) is 25.6. The van der Waals surface area contributed by atoms with Crippen molar-refractivity contribution in [2.75, 3.05) is 0 Å². The normalized spacial score (nSPS) is 14.1. The molecule has 4 rings (SSSR count). The summed E-state index contributed by atoms with van der Waals surface area (Å²) in [6.45, 7) is 2.17. The van der Waals surface area contributed by atoms with E-state index in [9.17, 15) is 18.0 Å². The lowest BCUT2D eigenvalue weighted by molar-refractivity contribution is -0.212. The third-order valence-corrected chi connectivity index (χ3v) is 7.16. The quantitative estimate of drug-likeness (QED) is 0.154. The molecule has 0 saturated carbocycles. The van der Waals surface area contributed by atoms with E-state index in [1.807, 2.05) is 48.5 Å². The molecule has 36 heavy (non-hydrogen) atoms. The summed E-state index contributed by atoms with van der Waals surface area (Å²) in [5, 5.41) is 0. The number of fused-ring (bicyclic) bond motifs is 3. The number of halogens is 3. The summed E-state index contributed by atoms with van der Waals surface area (Å²) in [5.74, 6) is -2.15. The zero-order valence-corrected chi connectivity index (χ0v) is 20.7. The molecule has 1 atom stereocenters. The minimum Gasteiger partial charge on any atom is -0.443 e. The van der Waals surface area contributed by atoms with E-state index >= 15 is 0 Å². The van der Waals surface area contributed by atoms with Crippen LogP contribution in [0.25, 0.3) is 11.1 Å². The van der Waals surface area contributed by atoms with Crippen LogP contribution < -0.4 is 0 Å². The van der Waals surface area contributed by atoms with Crippen LogP contribution in [0.5, 0.6) is 0 Å². The number of carbonyl (C=O) groups excluding carboxylic acids is 1. The fraction of sp³-hybridized carbons (Fsp3) is 0.387. The van der Waals surface area contributed by atoms with Gasteiger partial charge in [-0.3, -0.25) is 0 Å². The molecule has 0 fully saturated rings. The van der Waals surface area contributed by atoms with E-state index in [-0.39, 0.29) is 0 Å². The number of esters is 1. The van der Waals surface area contributed by atoms with Gasteiger partial charge in [0.15, 0.2) is 5.60 Å². The number of rotatable bonds is 11. The van der Waals surface area contributed by atoms with Gasteiger partial charge in [-0.1, -0.05) is 118 Å². The predicted octanol–water partition coefficient (Wildman–Crippen LogP) is 8.75. The Kier molecular flexibility index (Phi) is 8.17. The van der Waals surface area contributed by atoms with Crippen LogP contribution in [0, 0.1) is 0 Å². The molecule has 190 valence electrons. The van der Waals surface area contributed by atoms with Gasteiger partial charge in [-0.05, 0) is 41.5 Å². The van der Waals surface area contributed by atoms with E-state index in [4.69, 9.17) is 4.74 Å². The summed E-state index contributed by atoms with van der Waals surface area (Å²) in [4.78, 5) is 12.4. The Balaban J connectivity index is 1.77. The van der Waals surface area contributed by atoms with Gasteiger partial charge in [-0.15, -0.1) is 0 Å². The molecule has 0 spiro atoms. The third-order valence-electron chi connectivity index (χ3n) is 7.16. The molecule has 3 aromatic carbocycles. The van der Waals surface area contributed by atoms with E-state index in [2.05, 4.69) is 6.92 Å². The topological polar surface area (TPSA) is 26.3 Å². The van der Waals surface area contributed by atoms with Crippen molar-refractivity contribution >= 4 is 5.97 Å². The Hall–Kier alpha value is -3.08. The molecule has 1 aliphatic carbocycles. The van der Waals surface area contributed by atoms with Crippen LogP contribution in [-0.4, -0.2) is 12.1 Å². The maximum absolute atomic E-state index is 13.6. The Morgan fingerprint density at radius 2 is 1.42 bits per heavy atom. The number of carbonyl (C=O) groups is 1. The molecule has 1 aliphatic rings. The molecule has 0 N–H and O–H groups in total. The third kappa shape index (κ3) is 5.50. The Morgan fingerprint density at radius 3 is 2.14 bits per heavy atom. The van der Waals surface area contributed by atoms with Gasteiger partial charge in [0.1, 0.15) is 0 Å². The van der Waals surface area contributed by atoms with Gasteiger partial charge in [0.2, 0.25) is 0 Å². The lowest BCUT2D eigenvalue weighted by Gasteiger charge is -2.36. The van der Waals surface area contributed by atoms with Crippen molar-refractivity contribution in [1.82, 2.24) is 0 Å². The Bertz CT molecular complexity index is 1170. The van der Waals surface area contributed by atoms with Gasteiger partial charge in [0.25, 0.3) is 0 Å². The maximum Gasteiger partial charge on any atom is 0.490 e. The van der Waals surface area contributed by atoms with E-state index in [1.165, 1.54) is 6.42 Å². The van der Waals surface area contributed by atoms with Crippen molar-refractivity contribution < 1.29 is 22.7 Å². The zero-order valence-electron chi connectivity index (χ0n) is 20.7. The summed E-state index contributed by atoms with van der Waals surface area (Å²) in [6, 6.07) is 22.6. The fourth-order valence-corrected chi connectivity index (χ4v) is 5.39. The number of benzene rings is 3. The van der Waals surface area contributed by atoms with E-state index in [0.717, 1.165) is 54.4 Å². The molecule has 2 nitrogen and oxygen atoms in total. The van der Waals surface area contributed by atoms with Gasteiger partial charge in [0, 0.05) is 11.1 Å². The highest BCUT2D eigenvalue weighted by Gasteiger charge is 2.49. The van der Waals surface area contributed by atoms with Crippen molar-refractivity contribution in [2.24, 2.45) is 0 Å². The first-order valence-corrected chi connectivity index (χ1v) is 12.9. The summed E-state index contributed by atoms with van der Waals surface area (Å²) < 4.78 is 46.3. The monoisotopic (exact) mass is 494 g/mol.